The topological polar surface area (TPSA) is 120 Å². The second kappa shape index (κ2) is 47.5. The molecule has 0 aromatic carbocycles. The van der Waals surface area contributed by atoms with Crippen LogP contribution in [-0.4, -0.2) is 172 Å². The van der Waals surface area contributed by atoms with Gasteiger partial charge in [0.25, 0.3) is 0 Å². The van der Waals surface area contributed by atoms with Crippen LogP contribution in [0.2, 0.25) is 0 Å². The summed E-state index contributed by atoms with van der Waals surface area (Å²) in [5.41, 5.74) is 0. The summed E-state index contributed by atoms with van der Waals surface area (Å²) in [5.74, 6) is 0. The summed E-state index contributed by atoms with van der Waals surface area (Å²) < 4.78 is 71.5. The Morgan fingerprint density at radius 1 is 0.163 bits per heavy atom. The molecule has 0 fully saturated rings. The summed E-state index contributed by atoms with van der Waals surface area (Å²) in [6, 6.07) is 0. The summed E-state index contributed by atoms with van der Waals surface area (Å²) in [5, 5.41) is 0. The molecule has 0 heterocycles. The molecule has 0 aromatic heterocycles. The van der Waals surface area contributed by atoms with Gasteiger partial charge in [-0.25, -0.2) is 0 Å². The third kappa shape index (κ3) is 47.5. The lowest BCUT2D eigenvalue weighted by atomic mass is 10.2. The Kier molecular flexibility index (Phi) is 47.0. The first-order valence-corrected chi connectivity index (χ1v) is 18.9. The van der Waals surface area contributed by atoms with Crippen molar-refractivity contribution >= 4 is 0 Å². The standard InChI is InChI=1S/C36H74O13/c1-3-5-7-8-10-12-38-14-16-40-18-20-42-22-24-44-26-28-46-30-32-48-34-36-49-35-33-47-31-29-45-27-25-43-23-21-41-19-17-39-15-13-37-11-9-6-4-2/h3-36H2,1-2H3. The average Bonchev–Trinajstić information content (AvgIpc) is 3.11. The van der Waals surface area contributed by atoms with E-state index >= 15 is 0 Å². The highest BCUT2D eigenvalue weighted by molar-refractivity contribution is 4.43. The molecule has 0 aliphatic heterocycles. The molecule has 0 rings (SSSR count). The van der Waals surface area contributed by atoms with Gasteiger partial charge in [0.05, 0.1) is 159 Å². The van der Waals surface area contributed by atoms with Crippen LogP contribution in [0.5, 0.6) is 0 Å². The van der Waals surface area contributed by atoms with E-state index in [9.17, 15) is 0 Å². The van der Waals surface area contributed by atoms with Crippen molar-refractivity contribution in [1.29, 1.82) is 0 Å². The lowest BCUT2D eigenvalue weighted by Gasteiger charge is -2.09. The second-order valence-corrected chi connectivity index (χ2v) is 11.1. The first-order valence-electron chi connectivity index (χ1n) is 18.9. The van der Waals surface area contributed by atoms with Crippen molar-refractivity contribution in [2.75, 3.05) is 172 Å². The van der Waals surface area contributed by atoms with Crippen molar-refractivity contribution in [3.8, 4) is 0 Å². The first kappa shape index (κ1) is 48.5. The van der Waals surface area contributed by atoms with Crippen molar-refractivity contribution in [3.05, 3.63) is 0 Å². The van der Waals surface area contributed by atoms with Gasteiger partial charge in [-0.3, -0.25) is 0 Å². The molecule has 13 heteroatoms. The van der Waals surface area contributed by atoms with Gasteiger partial charge >= 0.3 is 0 Å². The van der Waals surface area contributed by atoms with E-state index in [2.05, 4.69) is 13.8 Å². The van der Waals surface area contributed by atoms with Crippen molar-refractivity contribution in [1.82, 2.24) is 0 Å². The number of rotatable bonds is 46. The molecule has 13 nitrogen and oxygen atoms in total. The summed E-state index contributed by atoms with van der Waals surface area (Å²) in [6.07, 6.45) is 9.83. The molecule has 0 saturated carbocycles. The maximum Gasteiger partial charge on any atom is 0.0701 e. The lowest BCUT2D eigenvalue weighted by molar-refractivity contribution is -0.0290. The molecule has 0 unspecified atom stereocenters. The minimum absolute atomic E-state index is 0.517. The van der Waals surface area contributed by atoms with E-state index in [1.165, 1.54) is 38.5 Å². The Morgan fingerprint density at radius 2 is 0.306 bits per heavy atom. The van der Waals surface area contributed by atoms with E-state index < -0.39 is 0 Å². The van der Waals surface area contributed by atoms with Crippen LogP contribution >= 0.6 is 0 Å². The molecule has 296 valence electrons. The SMILES string of the molecule is CCCCCCCOCCOCCOCCOCCOCCOCCOCCOCCOCCOCCOCCOCCOCCCCC. The Bertz CT molecular complexity index is 517. The molecule has 0 radical (unpaired) electrons. The predicted octanol–water partition coefficient (Wildman–Crippen LogP) is 4.36. The van der Waals surface area contributed by atoms with Crippen molar-refractivity contribution in [3.63, 3.8) is 0 Å². The lowest BCUT2D eigenvalue weighted by Crippen LogP contribution is -2.15. The van der Waals surface area contributed by atoms with Gasteiger partial charge in [0.1, 0.15) is 0 Å². The van der Waals surface area contributed by atoms with Crippen LogP contribution in [0, 0.1) is 0 Å². The quantitative estimate of drug-likeness (QED) is 0.0832. The molecule has 0 bridgehead atoms. The van der Waals surface area contributed by atoms with Gasteiger partial charge in [0, 0.05) is 13.2 Å². The normalized spacial score (nSPS) is 11.6. The average molecular weight is 715 g/mol. The third-order valence-electron chi connectivity index (χ3n) is 6.75. The highest BCUT2D eigenvalue weighted by Gasteiger charge is 1.97. The fourth-order valence-electron chi connectivity index (χ4n) is 4.00. The first-order chi connectivity index (χ1) is 24.4. The summed E-state index contributed by atoms with van der Waals surface area (Å²) in [7, 11) is 0. The van der Waals surface area contributed by atoms with E-state index in [0.717, 1.165) is 26.1 Å². The monoisotopic (exact) mass is 715 g/mol. The molecule has 49 heavy (non-hydrogen) atoms. The minimum atomic E-state index is 0.517. The van der Waals surface area contributed by atoms with Crippen LogP contribution < -0.4 is 0 Å². The van der Waals surface area contributed by atoms with Crippen LogP contribution in [0.4, 0.5) is 0 Å². The number of hydrogen-bond acceptors (Lipinski definition) is 13. The van der Waals surface area contributed by atoms with Gasteiger partial charge in [-0.05, 0) is 12.8 Å². The van der Waals surface area contributed by atoms with E-state index in [-0.39, 0.29) is 0 Å². The predicted molar refractivity (Wildman–Crippen MR) is 189 cm³/mol. The smallest absolute Gasteiger partial charge is 0.0701 e. The largest absolute Gasteiger partial charge is 0.379 e. The summed E-state index contributed by atoms with van der Waals surface area (Å²) in [6.45, 7) is 19.2. The molecule has 0 atom stereocenters. The van der Waals surface area contributed by atoms with Crippen LogP contribution in [0.25, 0.3) is 0 Å². The Morgan fingerprint density at radius 3 is 0.510 bits per heavy atom. The fraction of sp³-hybridized carbons (Fsp3) is 1.00. The number of unbranched alkanes of at least 4 members (excludes halogenated alkanes) is 6. The van der Waals surface area contributed by atoms with E-state index in [1.54, 1.807) is 0 Å². The zero-order valence-electron chi connectivity index (χ0n) is 31.3. The molecule has 0 aliphatic rings. The second-order valence-electron chi connectivity index (χ2n) is 11.1. The highest BCUT2D eigenvalue weighted by atomic mass is 16.6. The van der Waals surface area contributed by atoms with Crippen LogP contribution in [0.15, 0.2) is 0 Å². The van der Waals surface area contributed by atoms with Crippen molar-refractivity contribution < 1.29 is 61.6 Å². The molecule has 0 aliphatic carbocycles. The fourth-order valence-corrected chi connectivity index (χ4v) is 4.00. The molecule has 0 N–H and O–H groups in total. The minimum Gasteiger partial charge on any atom is -0.379 e. The van der Waals surface area contributed by atoms with E-state index in [4.69, 9.17) is 61.6 Å². The van der Waals surface area contributed by atoms with Crippen LogP contribution in [0.3, 0.4) is 0 Å². The van der Waals surface area contributed by atoms with Gasteiger partial charge in [-0.2, -0.15) is 0 Å². The van der Waals surface area contributed by atoms with Crippen LogP contribution in [-0.2, 0) is 61.6 Å². The zero-order valence-corrected chi connectivity index (χ0v) is 31.3. The third-order valence-corrected chi connectivity index (χ3v) is 6.75. The molecule has 0 aromatic rings. The number of ether oxygens (including phenoxy) is 13. The maximum absolute atomic E-state index is 5.56. The number of hydrogen-bond donors (Lipinski definition) is 0. The molecule has 0 amide bonds. The molecule has 0 saturated heterocycles. The Hall–Kier alpha value is -0.520. The Labute approximate surface area is 298 Å². The van der Waals surface area contributed by atoms with Crippen molar-refractivity contribution in [2.45, 2.75) is 65.2 Å². The molecular weight excluding hydrogens is 640 g/mol. The summed E-state index contributed by atoms with van der Waals surface area (Å²) in [4.78, 5) is 0. The Balaban J connectivity index is 3.04. The van der Waals surface area contributed by atoms with Gasteiger partial charge in [0.15, 0.2) is 0 Å². The maximum atomic E-state index is 5.56. The van der Waals surface area contributed by atoms with Gasteiger partial charge in [-0.15, -0.1) is 0 Å². The van der Waals surface area contributed by atoms with Gasteiger partial charge in [-0.1, -0.05) is 52.4 Å². The van der Waals surface area contributed by atoms with Crippen molar-refractivity contribution in [2.24, 2.45) is 0 Å². The molecule has 0 spiro atoms. The van der Waals surface area contributed by atoms with E-state index in [0.29, 0.717) is 159 Å². The zero-order chi connectivity index (χ0) is 35.2. The van der Waals surface area contributed by atoms with Crippen LogP contribution in [0.1, 0.15) is 65.2 Å². The van der Waals surface area contributed by atoms with Gasteiger partial charge in [0.2, 0.25) is 0 Å². The van der Waals surface area contributed by atoms with E-state index in [1.807, 2.05) is 0 Å². The molecular formula is C36H74O13. The summed E-state index contributed by atoms with van der Waals surface area (Å²) >= 11 is 0. The van der Waals surface area contributed by atoms with Gasteiger partial charge < -0.3 is 61.6 Å². The highest BCUT2D eigenvalue weighted by Crippen LogP contribution is 2.02.